The maximum absolute atomic E-state index is 11.5. The number of amides is 1. The van der Waals surface area contributed by atoms with E-state index in [1.165, 1.54) is 11.6 Å². The predicted molar refractivity (Wildman–Crippen MR) is 68.5 cm³/mol. The molecule has 2 aliphatic rings. The topological polar surface area (TPSA) is 33.2 Å². The van der Waals surface area contributed by atoms with Crippen LogP contribution in [0.25, 0.3) is 5.57 Å². The highest BCUT2D eigenvalue weighted by atomic mass is 32.1. The Kier molecular flexibility index (Phi) is 2.59. The fourth-order valence-corrected chi connectivity index (χ4v) is 3.43. The van der Waals surface area contributed by atoms with Crippen molar-refractivity contribution in [2.75, 3.05) is 13.1 Å². The SMILES string of the molecule is C=CC(=O)N1CC2C=C(c3nccs3)CC2C1. The first-order valence-corrected chi connectivity index (χ1v) is 6.68. The Morgan fingerprint density at radius 2 is 2.47 bits per heavy atom. The first kappa shape index (κ1) is 10.7. The van der Waals surface area contributed by atoms with Gasteiger partial charge in [-0.05, 0) is 29.9 Å². The van der Waals surface area contributed by atoms with Crippen LogP contribution in [0.3, 0.4) is 0 Å². The molecule has 1 fully saturated rings. The summed E-state index contributed by atoms with van der Waals surface area (Å²) in [6.45, 7) is 5.24. The van der Waals surface area contributed by atoms with Gasteiger partial charge in [-0.15, -0.1) is 11.3 Å². The molecule has 4 heteroatoms. The summed E-state index contributed by atoms with van der Waals surface area (Å²) in [6, 6.07) is 0. The van der Waals surface area contributed by atoms with Crippen molar-refractivity contribution in [3.8, 4) is 0 Å². The van der Waals surface area contributed by atoms with Gasteiger partial charge in [-0.2, -0.15) is 0 Å². The Hall–Kier alpha value is -1.42. The van der Waals surface area contributed by atoms with E-state index in [1.54, 1.807) is 11.3 Å². The van der Waals surface area contributed by atoms with Gasteiger partial charge in [0, 0.05) is 24.7 Å². The molecule has 0 spiro atoms. The minimum Gasteiger partial charge on any atom is -0.338 e. The second-order valence-corrected chi connectivity index (χ2v) is 5.50. The van der Waals surface area contributed by atoms with Gasteiger partial charge in [-0.25, -0.2) is 4.98 Å². The Morgan fingerprint density at radius 1 is 1.59 bits per heavy atom. The molecule has 1 aliphatic carbocycles. The summed E-state index contributed by atoms with van der Waals surface area (Å²) in [5.41, 5.74) is 1.36. The third-order valence-electron chi connectivity index (χ3n) is 3.58. The molecule has 0 aromatic carbocycles. The van der Waals surface area contributed by atoms with E-state index >= 15 is 0 Å². The van der Waals surface area contributed by atoms with Gasteiger partial charge in [0.1, 0.15) is 5.01 Å². The molecule has 17 heavy (non-hydrogen) atoms. The van der Waals surface area contributed by atoms with E-state index in [9.17, 15) is 4.79 Å². The molecule has 3 nitrogen and oxygen atoms in total. The molecule has 1 saturated heterocycles. The summed E-state index contributed by atoms with van der Waals surface area (Å²) in [5.74, 6) is 1.15. The number of aromatic nitrogens is 1. The van der Waals surface area contributed by atoms with E-state index in [0.717, 1.165) is 24.5 Å². The van der Waals surface area contributed by atoms with Crippen molar-refractivity contribution in [1.82, 2.24) is 9.88 Å². The number of hydrogen-bond acceptors (Lipinski definition) is 3. The lowest BCUT2D eigenvalue weighted by Crippen LogP contribution is -2.27. The summed E-state index contributed by atoms with van der Waals surface area (Å²) in [7, 11) is 0. The Labute approximate surface area is 104 Å². The molecule has 88 valence electrons. The van der Waals surface area contributed by atoms with E-state index < -0.39 is 0 Å². The molecule has 2 unspecified atom stereocenters. The Morgan fingerprint density at radius 3 is 3.12 bits per heavy atom. The minimum absolute atomic E-state index is 0.0589. The summed E-state index contributed by atoms with van der Waals surface area (Å²) in [5, 5.41) is 3.15. The molecule has 1 amide bonds. The molecular formula is C13H14N2OS. The standard InChI is InChI=1S/C13H14N2OS/c1-2-12(16)15-7-10-5-9(6-11(10)8-15)13-14-3-4-17-13/h2-5,10-11H,1,6-8H2. The van der Waals surface area contributed by atoms with Crippen molar-refractivity contribution in [3.63, 3.8) is 0 Å². The van der Waals surface area contributed by atoms with Crippen LogP contribution in [0, 0.1) is 11.8 Å². The van der Waals surface area contributed by atoms with Crippen LogP contribution < -0.4 is 0 Å². The zero-order valence-corrected chi connectivity index (χ0v) is 10.3. The molecule has 0 bridgehead atoms. The molecule has 2 atom stereocenters. The summed E-state index contributed by atoms with van der Waals surface area (Å²) in [6.07, 6.45) is 6.62. The van der Waals surface area contributed by atoms with E-state index in [-0.39, 0.29) is 5.91 Å². The molecule has 1 aromatic rings. The number of carbonyl (C=O) groups is 1. The van der Waals surface area contributed by atoms with Crippen molar-refractivity contribution in [2.45, 2.75) is 6.42 Å². The number of rotatable bonds is 2. The number of nitrogens with zero attached hydrogens (tertiary/aromatic N) is 2. The number of likely N-dealkylation sites (tertiary alicyclic amines) is 1. The molecule has 2 heterocycles. The first-order valence-electron chi connectivity index (χ1n) is 5.80. The van der Waals surface area contributed by atoms with Gasteiger partial charge in [0.2, 0.25) is 5.91 Å². The largest absolute Gasteiger partial charge is 0.338 e. The average Bonchev–Trinajstić information content (AvgIpc) is 3.01. The van der Waals surface area contributed by atoms with Gasteiger partial charge in [0.05, 0.1) is 0 Å². The molecule has 0 radical (unpaired) electrons. The molecular weight excluding hydrogens is 232 g/mol. The van der Waals surface area contributed by atoms with Gasteiger partial charge >= 0.3 is 0 Å². The van der Waals surface area contributed by atoms with Crippen molar-refractivity contribution < 1.29 is 4.79 Å². The van der Waals surface area contributed by atoms with E-state index in [4.69, 9.17) is 0 Å². The van der Waals surface area contributed by atoms with Crippen LogP contribution in [0.1, 0.15) is 11.4 Å². The smallest absolute Gasteiger partial charge is 0.245 e. The molecule has 0 N–H and O–H groups in total. The lowest BCUT2D eigenvalue weighted by Gasteiger charge is -2.14. The van der Waals surface area contributed by atoms with Crippen LogP contribution in [0.4, 0.5) is 0 Å². The summed E-state index contributed by atoms with van der Waals surface area (Å²) < 4.78 is 0. The monoisotopic (exact) mass is 246 g/mol. The quantitative estimate of drug-likeness (QED) is 0.749. The fourth-order valence-electron chi connectivity index (χ4n) is 2.76. The van der Waals surface area contributed by atoms with Crippen LogP contribution in [-0.4, -0.2) is 28.9 Å². The zero-order valence-electron chi connectivity index (χ0n) is 9.50. The lowest BCUT2D eigenvalue weighted by molar-refractivity contribution is -0.125. The second-order valence-electron chi connectivity index (χ2n) is 4.60. The van der Waals surface area contributed by atoms with Crippen molar-refractivity contribution in [1.29, 1.82) is 0 Å². The highest BCUT2D eigenvalue weighted by molar-refractivity contribution is 7.10. The zero-order chi connectivity index (χ0) is 11.8. The maximum Gasteiger partial charge on any atom is 0.245 e. The number of carbonyl (C=O) groups excluding carboxylic acids is 1. The Bertz CT molecular complexity index is 478. The molecule has 1 aliphatic heterocycles. The number of fused-ring (bicyclic) bond motifs is 1. The number of thiazole rings is 1. The normalized spacial score (nSPS) is 26.8. The number of hydrogen-bond donors (Lipinski definition) is 0. The second kappa shape index (κ2) is 4.11. The first-order chi connectivity index (χ1) is 8.28. The van der Waals surface area contributed by atoms with E-state index in [2.05, 4.69) is 17.6 Å². The maximum atomic E-state index is 11.5. The van der Waals surface area contributed by atoms with Crippen molar-refractivity contribution in [2.24, 2.45) is 11.8 Å². The lowest BCUT2D eigenvalue weighted by atomic mass is 10.00. The predicted octanol–water partition coefficient (Wildman–Crippen LogP) is 2.19. The van der Waals surface area contributed by atoms with Gasteiger partial charge < -0.3 is 4.90 Å². The third-order valence-corrected chi connectivity index (χ3v) is 4.43. The highest BCUT2D eigenvalue weighted by Gasteiger charge is 2.38. The van der Waals surface area contributed by atoms with E-state index in [0.29, 0.717) is 11.8 Å². The van der Waals surface area contributed by atoms with Crippen LogP contribution >= 0.6 is 11.3 Å². The summed E-state index contributed by atoms with van der Waals surface area (Å²) in [4.78, 5) is 17.8. The van der Waals surface area contributed by atoms with Gasteiger partial charge in [0.15, 0.2) is 0 Å². The van der Waals surface area contributed by atoms with Gasteiger partial charge in [-0.1, -0.05) is 12.7 Å². The molecule has 1 aromatic heterocycles. The van der Waals surface area contributed by atoms with Crippen LogP contribution in [0.15, 0.2) is 30.3 Å². The third kappa shape index (κ3) is 1.82. The average molecular weight is 246 g/mol. The minimum atomic E-state index is 0.0589. The van der Waals surface area contributed by atoms with Gasteiger partial charge in [0.25, 0.3) is 0 Å². The Balaban J connectivity index is 1.74. The van der Waals surface area contributed by atoms with Crippen molar-refractivity contribution >= 4 is 22.8 Å². The highest BCUT2D eigenvalue weighted by Crippen LogP contribution is 2.41. The fraction of sp³-hybridized carbons (Fsp3) is 0.385. The van der Waals surface area contributed by atoms with Crippen LogP contribution in [0.5, 0.6) is 0 Å². The van der Waals surface area contributed by atoms with Crippen LogP contribution in [0.2, 0.25) is 0 Å². The summed E-state index contributed by atoms with van der Waals surface area (Å²) >= 11 is 1.69. The molecule has 3 rings (SSSR count). The van der Waals surface area contributed by atoms with E-state index in [1.807, 2.05) is 16.5 Å². The molecule has 0 saturated carbocycles. The number of allylic oxidation sites excluding steroid dienone is 1. The van der Waals surface area contributed by atoms with Crippen LogP contribution in [-0.2, 0) is 4.79 Å². The van der Waals surface area contributed by atoms with Crippen molar-refractivity contribution in [3.05, 3.63) is 35.3 Å². The van der Waals surface area contributed by atoms with Gasteiger partial charge in [-0.3, -0.25) is 4.79 Å².